The van der Waals surface area contributed by atoms with Crippen LogP contribution in [0.2, 0.25) is 0 Å². The van der Waals surface area contributed by atoms with Crippen molar-refractivity contribution in [1.82, 2.24) is 4.98 Å². The van der Waals surface area contributed by atoms with E-state index in [4.69, 9.17) is 0 Å². The average molecular weight is 230 g/mol. The number of aromatic nitrogens is 1. The molecule has 0 bridgehead atoms. The molecule has 0 aliphatic rings. The second-order valence-electron chi connectivity index (χ2n) is 3.38. The Morgan fingerprint density at radius 3 is 2.71 bits per heavy atom. The molecule has 0 aliphatic heterocycles. The van der Waals surface area contributed by atoms with E-state index in [1.807, 2.05) is 0 Å². The average Bonchev–Trinajstić information content (AvgIpc) is 2.29. The number of anilines is 1. The summed E-state index contributed by atoms with van der Waals surface area (Å²) in [5, 5.41) is 21.2. The zero-order valence-corrected chi connectivity index (χ0v) is 8.79. The van der Waals surface area contributed by atoms with Gasteiger partial charge < -0.3 is 15.5 Å². The Balaban J connectivity index is 2.20. The number of phenols is 1. The molecule has 0 saturated carbocycles. The first-order chi connectivity index (χ1) is 8.16. The van der Waals surface area contributed by atoms with Crippen LogP contribution in [0.4, 0.5) is 5.69 Å². The van der Waals surface area contributed by atoms with Crippen LogP contribution in [0, 0.1) is 0 Å². The Bertz CT molecular complexity index is 555. The smallest absolute Gasteiger partial charge is 0.278 e. The molecule has 0 saturated heterocycles. The van der Waals surface area contributed by atoms with Gasteiger partial charge in [-0.2, -0.15) is 0 Å². The highest BCUT2D eigenvalue weighted by molar-refractivity contribution is 6.04. The van der Waals surface area contributed by atoms with E-state index in [2.05, 4.69) is 10.3 Å². The van der Waals surface area contributed by atoms with Gasteiger partial charge in [-0.15, -0.1) is 0 Å². The molecule has 2 rings (SSSR count). The minimum atomic E-state index is -0.534. The maximum Gasteiger partial charge on any atom is 0.278 e. The minimum Gasteiger partial charge on any atom is -0.508 e. The van der Waals surface area contributed by atoms with Crippen molar-refractivity contribution in [2.45, 2.75) is 0 Å². The van der Waals surface area contributed by atoms with E-state index < -0.39 is 5.91 Å². The van der Waals surface area contributed by atoms with Crippen LogP contribution < -0.4 is 5.32 Å². The number of amides is 1. The molecular weight excluding hydrogens is 220 g/mol. The quantitative estimate of drug-likeness (QED) is 0.733. The summed E-state index contributed by atoms with van der Waals surface area (Å²) in [4.78, 5) is 15.5. The van der Waals surface area contributed by atoms with Crippen molar-refractivity contribution in [2.24, 2.45) is 0 Å². The van der Waals surface area contributed by atoms with Crippen LogP contribution in [0.3, 0.4) is 0 Å². The maximum atomic E-state index is 11.7. The van der Waals surface area contributed by atoms with Crippen LogP contribution in [0.1, 0.15) is 10.5 Å². The number of nitrogens with zero attached hydrogens (tertiary/aromatic N) is 1. The van der Waals surface area contributed by atoms with E-state index in [0.717, 1.165) is 0 Å². The Morgan fingerprint density at radius 1 is 1.18 bits per heavy atom. The van der Waals surface area contributed by atoms with Gasteiger partial charge in [0.2, 0.25) is 0 Å². The highest BCUT2D eigenvalue weighted by Gasteiger charge is 2.12. The summed E-state index contributed by atoms with van der Waals surface area (Å²) >= 11 is 0. The predicted octanol–water partition coefficient (Wildman–Crippen LogP) is 1.75. The van der Waals surface area contributed by atoms with Gasteiger partial charge in [0.05, 0.1) is 0 Å². The third-order valence-corrected chi connectivity index (χ3v) is 2.11. The lowest BCUT2D eigenvalue weighted by Gasteiger charge is -2.05. The minimum absolute atomic E-state index is 0.0491. The van der Waals surface area contributed by atoms with E-state index >= 15 is 0 Å². The van der Waals surface area contributed by atoms with Crippen LogP contribution in [0.15, 0.2) is 42.6 Å². The molecule has 17 heavy (non-hydrogen) atoms. The Kier molecular flexibility index (Phi) is 2.91. The standard InChI is InChI=1S/C12H10N2O3/c15-9-4-1-3-8(7-9)14-12(17)11-10(16)5-2-6-13-11/h1-7,15-16H,(H,14,17). The van der Waals surface area contributed by atoms with Crippen LogP contribution >= 0.6 is 0 Å². The number of hydrogen-bond donors (Lipinski definition) is 3. The Morgan fingerprint density at radius 2 is 2.00 bits per heavy atom. The van der Waals surface area contributed by atoms with Gasteiger partial charge in [-0.25, -0.2) is 4.98 Å². The van der Waals surface area contributed by atoms with Crippen molar-refractivity contribution in [2.75, 3.05) is 5.32 Å². The van der Waals surface area contributed by atoms with Gasteiger partial charge in [0.1, 0.15) is 11.5 Å². The summed E-state index contributed by atoms with van der Waals surface area (Å²) in [6.45, 7) is 0. The lowest BCUT2D eigenvalue weighted by Crippen LogP contribution is -2.13. The molecule has 3 N–H and O–H groups in total. The lowest BCUT2D eigenvalue weighted by molar-refractivity contribution is 0.101. The first-order valence-corrected chi connectivity index (χ1v) is 4.91. The Labute approximate surface area is 97.4 Å². The van der Waals surface area contributed by atoms with Crippen LogP contribution in [-0.2, 0) is 0 Å². The molecule has 5 heteroatoms. The number of aromatic hydroxyl groups is 2. The van der Waals surface area contributed by atoms with E-state index in [1.165, 1.54) is 30.5 Å². The first-order valence-electron chi connectivity index (χ1n) is 4.91. The van der Waals surface area contributed by atoms with Gasteiger partial charge in [-0.1, -0.05) is 6.07 Å². The molecule has 0 spiro atoms. The highest BCUT2D eigenvalue weighted by atomic mass is 16.3. The Hall–Kier alpha value is -2.56. The van der Waals surface area contributed by atoms with Crippen molar-refractivity contribution in [1.29, 1.82) is 0 Å². The molecule has 0 fully saturated rings. The molecule has 86 valence electrons. The van der Waals surface area contributed by atoms with Crippen molar-refractivity contribution in [3.63, 3.8) is 0 Å². The fourth-order valence-corrected chi connectivity index (χ4v) is 1.35. The van der Waals surface area contributed by atoms with Crippen LogP contribution in [0.25, 0.3) is 0 Å². The van der Waals surface area contributed by atoms with E-state index in [0.29, 0.717) is 5.69 Å². The number of phenolic OH excluding ortho intramolecular Hbond substituents is 1. The molecule has 1 aromatic heterocycles. The van der Waals surface area contributed by atoms with E-state index in [-0.39, 0.29) is 17.2 Å². The summed E-state index contributed by atoms with van der Waals surface area (Å²) in [5.41, 5.74) is 0.371. The van der Waals surface area contributed by atoms with Gasteiger partial charge in [0, 0.05) is 18.0 Å². The van der Waals surface area contributed by atoms with Gasteiger partial charge in [0.25, 0.3) is 5.91 Å². The number of benzene rings is 1. The molecule has 0 unspecified atom stereocenters. The summed E-state index contributed by atoms with van der Waals surface area (Å²) < 4.78 is 0. The summed E-state index contributed by atoms with van der Waals surface area (Å²) in [7, 11) is 0. The summed E-state index contributed by atoms with van der Waals surface area (Å²) in [5.74, 6) is -0.674. The second-order valence-corrected chi connectivity index (χ2v) is 3.38. The molecule has 0 radical (unpaired) electrons. The van der Waals surface area contributed by atoms with Crippen molar-refractivity contribution in [3.05, 3.63) is 48.3 Å². The molecule has 2 aromatic rings. The normalized spacial score (nSPS) is 9.88. The number of pyridine rings is 1. The third-order valence-electron chi connectivity index (χ3n) is 2.11. The number of rotatable bonds is 2. The van der Waals surface area contributed by atoms with E-state index in [1.54, 1.807) is 12.1 Å². The van der Waals surface area contributed by atoms with Crippen molar-refractivity contribution in [3.8, 4) is 11.5 Å². The topological polar surface area (TPSA) is 82.5 Å². The lowest BCUT2D eigenvalue weighted by atomic mass is 10.2. The molecule has 0 aliphatic carbocycles. The fraction of sp³-hybridized carbons (Fsp3) is 0. The van der Waals surface area contributed by atoms with E-state index in [9.17, 15) is 15.0 Å². The number of carbonyl (C=O) groups excluding carboxylic acids is 1. The first kappa shape index (κ1) is 10.9. The van der Waals surface area contributed by atoms with Crippen molar-refractivity contribution >= 4 is 11.6 Å². The fourth-order valence-electron chi connectivity index (χ4n) is 1.35. The van der Waals surface area contributed by atoms with Crippen LogP contribution in [-0.4, -0.2) is 21.1 Å². The molecule has 1 heterocycles. The molecule has 1 aromatic carbocycles. The molecule has 1 amide bonds. The zero-order valence-electron chi connectivity index (χ0n) is 8.79. The maximum absolute atomic E-state index is 11.7. The largest absolute Gasteiger partial charge is 0.508 e. The summed E-state index contributed by atoms with van der Waals surface area (Å²) in [6, 6.07) is 9.03. The van der Waals surface area contributed by atoms with Gasteiger partial charge in [-0.05, 0) is 24.3 Å². The third kappa shape index (κ3) is 2.52. The predicted molar refractivity (Wildman–Crippen MR) is 62.0 cm³/mol. The van der Waals surface area contributed by atoms with Gasteiger partial charge >= 0.3 is 0 Å². The zero-order chi connectivity index (χ0) is 12.3. The van der Waals surface area contributed by atoms with Crippen molar-refractivity contribution < 1.29 is 15.0 Å². The molecule has 5 nitrogen and oxygen atoms in total. The van der Waals surface area contributed by atoms with Gasteiger partial charge in [0.15, 0.2) is 5.69 Å². The summed E-state index contributed by atoms with van der Waals surface area (Å²) in [6.07, 6.45) is 1.41. The SMILES string of the molecule is O=C(Nc1cccc(O)c1)c1ncccc1O. The molecular formula is C12H10N2O3. The number of carbonyl (C=O) groups is 1. The van der Waals surface area contributed by atoms with Gasteiger partial charge in [-0.3, -0.25) is 4.79 Å². The molecule has 0 atom stereocenters. The number of hydrogen-bond acceptors (Lipinski definition) is 4. The highest BCUT2D eigenvalue weighted by Crippen LogP contribution is 2.18. The monoisotopic (exact) mass is 230 g/mol. The second kappa shape index (κ2) is 4.52. The number of nitrogens with one attached hydrogen (secondary N) is 1. The van der Waals surface area contributed by atoms with Crippen LogP contribution in [0.5, 0.6) is 11.5 Å².